The first-order valence-corrected chi connectivity index (χ1v) is 9.11. The van der Waals surface area contributed by atoms with E-state index in [9.17, 15) is 0 Å². The summed E-state index contributed by atoms with van der Waals surface area (Å²) in [5.74, 6) is 0.914. The first kappa shape index (κ1) is 15.7. The summed E-state index contributed by atoms with van der Waals surface area (Å²) in [6.07, 6.45) is 0.917. The lowest BCUT2D eigenvalue weighted by Crippen LogP contribution is -2.05. The molecule has 0 N–H and O–H groups in total. The Morgan fingerprint density at radius 1 is 0.630 bits per heavy atom. The minimum absolute atomic E-state index is 0.695. The van der Waals surface area contributed by atoms with Gasteiger partial charge in [0.1, 0.15) is 5.82 Å². The van der Waals surface area contributed by atoms with E-state index in [0.717, 1.165) is 41.0 Å². The highest BCUT2D eigenvalue weighted by Gasteiger charge is 2.15. The monoisotopic (exact) mass is 350 g/mol. The molecule has 4 nitrogen and oxygen atoms in total. The smallest absolute Gasteiger partial charge is 0.198 e. The Hall–Kier alpha value is -3.53. The summed E-state index contributed by atoms with van der Waals surface area (Å²) in [5, 5.41) is 0. The molecule has 0 aliphatic carbocycles. The van der Waals surface area contributed by atoms with Crippen molar-refractivity contribution < 1.29 is 0 Å². The Morgan fingerprint density at radius 2 is 1.26 bits per heavy atom. The molecule has 0 aliphatic heterocycles. The zero-order chi connectivity index (χ0) is 18.1. The summed E-state index contributed by atoms with van der Waals surface area (Å²) in [6.45, 7) is 0.803. The average Bonchev–Trinajstić information content (AvgIpc) is 3.09. The predicted molar refractivity (Wildman–Crippen MR) is 108 cm³/mol. The molecule has 27 heavy (non-hydrogen) atoms. The van der Waals surface area contributed by atoms with Crippen molar-refractivity contribution in [3.63, 3.8) is 0 Å². The van der Waals surface area contributed by atoms with Crippen LogP contribution in [0.15, 0.2) is 84.9 Å². The molecule has 0 aliphatic rings. The summed E-state index contributed by atoms with van der Waals surface area (Å²) in [7, 11) is 0. The third-order valence-corrected chi connectivity index (χ3v) is 4.76. The second-order valence-electron chi connectivity index (χ2n) is 6.55. The quantitative estimate of drug-likeness (QED) is 0.463. The molecule has 0 amide bonds. The number of nitrogens with zero attached hydrogens (tertiary/aromatic N) is 4. The van der Waals surface area contributed by atoms with Crippen molar-refractivity contribution in [3.8, 4) is 11.4 Å². The van der Waals surface area contributed by atoms with Gasteiger partial charge in [-0.05, 0) is 24.1 Å². The molecule has 0 atom stereocenters. The fourth-order valence-electron chi connectivity index (χ4n) is 3.40. The Bertz CT molecular complexity index is 1210. The van der Waals surface area contributed by atoms with E-state index in [1.807, 2.05) is 48.5 Å². The van der Waals surface area contributed by atoms with Gasteiger partial charge >= 0.3 is 0 Å². The molecular formula is C23H18N4. The molecule has 0 bridgehead atoms. The maximum absolute atomic E-state index is 4.87. The lowest BCUT2D eigenvalue weighted by Gasteiger charge is -2.09. The van der Waals surface area contributed by atoms with E-state index in [1.165, 1.54) is 5.56 Å². The molecule has 0 spiro atoms. The molecule has 0 saturated heterocycles. The van der Waals surface area contributed by atoms with Crippen LogP contribution in [0, 0.1) is 0 Å². The molecular weight excluding hydrogens is 332 g/mol. The Balaban J connectivity index is 1.67. The van der Waals surface area contributed by atoms with Gasteiger partial charge < -0.3 is 4.57 Å². The van der Waals surface area contributed by atoms with Crippen molar-refractivity contribution in [2.24, 2.45) is 0 Å². The van der Waals surface area contributed by atoms with Crippen LogP contribution < -0.4 is 0 Å². The van der Waals surface area contributed by atoms with Crippen LogP contribution in [0.5, 0.6) is 0 Å². The fraction of sp³-hybridized carbons (Fsp3) is 0.0870. The highest BCUT2D eigenvalue weighted by molar-refractivity contribution is 5.84. The largest absolute Gasteiger partial charge is 0.307 e. The maximum Gasteiger partial charge on any atom is 0.198 e. The SMILES string of the molecule is c1ccc(CCn2c(-c3ccccc3)nc3nc4ccccc4nc32)cc1. The summed E-state index contributed by atoms with van der Waals surface area (Å²) >= 11 is 0. The number of para-hydroxylation sites is 2. The minimum Gasteiger partial charge on any atom is -0.307 e. The second kappa shape index (κ2) is 6.65. The van der Waals surface area contributed by atoms with E-state index < -0.39 is 0 Å². The molecule has 2 aromatic heterocycles. The van der Waals surface area contributed by atoms with Gasteiger partial charge in [0, 0.05) is 12.1 Å². The Labute approximate surface area is 157 Å². The molecule has 5 rings (SSSR count). The maximum atomic E-state index is 4.87. The van der Waals surface area contributed by atoms with E-state index in [0.29, 0.717) is 5.65 Å². The molecule has 5 aromatic rings. The highest BCUT2D eigenvalue weighted by atomic mass is 15.2. The number of aryl methyl sites for hydroxylation is 2. The van der Waals surface area contributed by atoms with Crippen LogP contribution in [-0.2, 0) is 13.0 Å². The zero-order valence-electron chi connectivity index (χ0n) is 14.8. The van der Waals surface area contributed by atoms with Gasteiger partial charge in [-0.2, -0.15) is 0 Å². The Kier molecular flexibility index (Phi) is 3.87. The third-order valence-electron chi connectivity index (χ3n) is 4.76. The topological polar surface area (TPSA) is 43.6 Å². The van der Waals surface area contributed by atoms with Gasteiger partial charge in [0.05, 0.1) is 11.0 Å². The van der Waals surface area contributed by atoms with E-state index in [4.69, 9.17) is 15.0 Å². The lowest BCUT2D eigenvalue weighted by molar-refractivity contribution is 0.718. The highest BCUT2D eigenvalue weighted by Crippen LogP contribution is 2.25. The van der Waals surface area contributed by atoms with Gasteiger partial charge in [0.15, 0.2) is 11.3 Å². The van der Waals surface area contributed by atoms with Crippen LogP contribution in [0.25, 0.3) is 33.7 Å². The first-order valence-electron chi connectivity index (χ1n) is 9.11. The van der Waals surface area contributed by atoms with E-state index in [2.05, 4.69) is 41.0 Å². The van der Waals surface area contributed by atoms with Crippen molar-refractivity contribution in [3.05, 3.63) is 90.5 Å². The summed E-state index contributed by atoms with van der Waals surface area (Å²) in [6, 6.07) is 28.7. The minimum atomic E-state index is 0.695. The third kappa shape index (κ3) is 2.95. The normalized spacial score (nSPS) is 11.3. The van der Waals surface area contributed by atoms with Gasteiger partial charge in [-0.1, -0.05) is 72.8 Å². The fourth-order valence-corrected chi connectivity index (χ4v) is 3.40. The number of aromatic nitrogens is 4. The van der Waals surface area contributed by atoms with Crippen LogP contribution in [0.4, 0.5) is 0 Å². The number of hydrogen-bond acceptors (Lipinski definition) is 3. The molecule has 130 valence electrons. The van der Waals surface area contributed by atoms with E-state index >= 15 is 0 Å². The van der Waals surface area contributed by atoms with Crippen LogP contribution in [0.1, 0.15) is 5.56 Å². The molecule has 0 unspecified atom stereocenters. The average molecular weight is 350 g/mol. The van der Waals surface area contributed by atoms with Crippen LogP contribution >= 0.6 is 0 Å². The van der Waals surface area contributed by atoms with Gasteiger partial charge in [-0.15, -0.1) is 0 Å². The number of hydrogen-bond donors (Lipinski definition) is 0. The van der Waals surface area contributed by atoms with Gasteiger partial charge in [-0.25, -0.2) is 15.0 Å². The van der Waals surface area contributed by atoms with Gasteiger partial charge in [-0.3, -0.25) is 0 Å². The lowest BCUT2D eigenvalue weighted by atomic mass is 10.1. The van der Waals surface area contributed by atoms with E-state index in [1.54, 1.807) is 0 Å². The molecule has 4 heteroatoms. The summed E-state index contributed by atoms with van der Waals surface area (Å²) < 4.78 is 2.19. The van der Waals surface area contributed by atoms with Crippen LogP contribution in [-0.4, -0.2) is 19.5 Å². The van der Waals surface area contributed by atoms with Crippen molar-refractivity contribution in [2.75, 3.05) is 0 Å². The van der Waals surface area contributed by atoms with Crippen LogP contribution in [0.2, 0.25) is 0 Å². The molecule has 0 saturated carbocycles. The van der Waals surface area contributed by atoms with E-state index in [-0.39, 0.29) is 0 Å². The number of rotatable bonds is 4. The number of benzene rings is 3. The van der Waals surface area contributed by atoms with Crippen molar-refractivity contribution in [1.29, 1.82) is 0 Å². The molecule has 3 aromatic carbocycles. The Morgan fingerprint density at radius 3 is 2.00 bits per heavy atom. The summed E-state index contributed by atoms with van der Waals surface area (Å²) in [5.41, 5.74) is 5.67. The van der Waals surface area contributed by atoms with Crippen molar-refractivity contribution in [1.82, 2.24) is 19.5 Å². The zero-order valence-corrected chi connectivity index (χ0v) is 14.8. The number of fused-ring (bicyclic) bond motifs is 2. The molecule has 2 heterocycles. The van der Waals surface area contributed by atoms with Crippen LogP contribution in [0.3, 0.4) is 0 Å². The van der Waals surface area contributed by atoms with Gasteiger partial charge in [0.25, 0.3) is 0 Å². The second-order valence-corrected chi connectivity index (χ2v) is 6.55. The standard InChI is InChI=1S/C23H18N4/c1-3-9-17(10-4-1)15-16-27-22(18-11-5-2-6-12-18)26-21-23(27)25-20-14-8-7-13-19(20)24-21/h1-14H,15-16H2. The predicted octanol–water partition coefficient (Wildman–Crippen LogP) is 4.89. The first-order chi connectivity index (χ1) is 13.4. The molecule has 0 radical (unpaired) electrons. The van der Waals surface area contributed by atoms with Crippen molar-refractivity contribution in [2.45, 2.75) is 13.0 Å². The van der Waals surface area contributed by atoms with Gasteiger partial charge in [0.2, 0.25) is 0 Å². The summed E-state index contributed by atoms with van der Waals surface area (Å²) in [4.78, 5) is 14.5. The molecule has 0 fully saturated rings. The van der Waals surface area contributed by atoms with Crippen molar-refractivity contribution >= 4 is 22.3 Å². The number of imidazole rings is 1.